The first-order valence-corrected chi connectivity index (χ1v) is 6.71. The lowest BCUT2D eigenvalue weighted by Gasteiger charge is -2.14. The summed E-state index contributed by atoms with van der Waals surface area (Å²) in [6, 6.07) is 0. The fraction of sp³-hybridized carbons (Fsp3) is 0.857. The zero-order chi connectivity index (χ0) is 10.3. The van der Waals surface area contributed by atoms with Gasteiger partial charge in [-0.05, 0) is 25.2 Å². The van der Waals surface area contributed by atoms with Gasteiger partial charge in [-0.1, -0.05) is 44.3 Å². The van der Waals surface area contributed by atoms with Crippen molar-refractivity contribution in [3.05, 3.63) is 12.2 Å². The van der Waals surface area contributed by atoms with E-state index in [-0.39, 0.29) is 0 Å². The van der Waals surface area contributed by atoms with Crippen LogP contribution in [0.1, 0.15) is 51.4 Å². The minimum Gasteiger partial charge on any atom is -0.381 e. The van der Waals surface area contributed by atoms with Gasteiger partial charge in [0.05, 0.1) is 13.2 Å². The van der Waals surface area contributed by atoms with Crippen LogP contribution in [-0.4, -0.2) is 13.2 Å². The molecule has 1 fully saturated rings. The molecule has 1 heterocycles. The van der Waals surface area contributed by atoms with E-state index in [9.17, 15) is 0 Å². The summed E-state index contributed by atoms with van der Waals surface area (Å²) in [5.41, 5.74) is 0. The Hall–Kier alpha value is -0.300. The van der Waals surface area contributed by atoms with Crippen molar-refractivity contribution in [2.24, 2.45) is 11.8 Å². The van der Waals surface area contributed by atoms with Crippen LogP contribution >= 0.6 is 0 Å². The number of fused-ring (bicyclic) bond motifs is 1. The normalized spacial score (nSPS) is 36.3. The van der Waals surface area contributed by atoms with Crippen LogP contribution < -0.4 is 0 Å². The van der Waals surface area contributed by atoms with E-state index in [2.05, 4.69) is 12.2 Å². The van der Waals surface area contributed by atoms with Gasteiger partial charge in [0.1, 0.15) is 0 Å². The van der Waals surface area contributed by atoms with Crippen molar-refractivity contribution < 1.29 is 4.74 Å². The van der Waals surface area contributed by atoms with E-state index >= 15 is 0 Å². The molecular formula is C14H24O. The third kappa shape index (κ3) is 3.64. The number of hydrogen-bond acceptors (Lipinski definition) is 1. The molecule has 0 saturated carbocycles. The molecule has 2 rings (SSSR count). The molecule has 0 unspecified atom stereocenters. The van der Waals surface area contributed by atoms with Crippen LogP contribution in [0, 0.1) is 11.8 Å². The first-order valence-electron chi connectivity index (χ1n) is 6.71. The zero-order valence-corrected chi connectivity index (χ0v) is 9.79. The Balaban J connectivity index is 1.86. The van der Waals surface area contributed by atoms with E-state index in [0.717, 1.165) is 25.0 Å². The summed E-state index contributed by atoms with van der Waals surface area (Å²) in [4.78, 5) is 0. The van der Waals surface area contributed by atoms with Gasteiger partial charge in [0.2, 0.25) is 0 Å². The summed E-state index contributed by atoms with van der Waals surface area (Å²) in [6.45, 7) is 1.98. The number of ether oxygens (including phenoxy) is 1. The summed E-state index contributed by atoms with van der Waals surface area (Å²) in [6.07, 6.45) is 16.0. The highest BCUT2D eigenvalue weighted by atomic mass is 16.5. The molecule has 0 spiro atoms. The van der Waals surface area contributed by atoms with Crippen LogP contribution in [-0.2, 0) is 4.74 Å². The molecule has 0 aromatic rings. The minimum atomic E-state index is 0.726. The Labute approximate surface area is 93.9 Å². The monoisotopic (exact) mass is 208 g/mol. The molecule has 15 heavy (non-hydrogen) atoms. The summed E-state index contributed by atoms with van der Waals surface area (Å²) in [5, 5.41) is 0. The van der Waals surface area contributed by atoms with E-state index < -0.39 is 0 Å². The molecule has 0 amide bonds. The Kier molecular flexibility index (Phi) is 4.72. The fourth-order valence-corrected chi connectivity index (χ4v) is 2.77. The van der Waals surface area contributed by atoms with Crippen LogP contribution in [0.3, 0.4) is 0 Å². The van der Waals surface area contributed by atoms with Crippen molar-refractivity contribution in [2.75, 3.05) is 13.2 Å². The molecule has 1 heteroatoms. The SMILES string of the molecule is C1=C/[C@@H]2COC[C@H]2CCCCCCCC/1. The second-order valence-corrected chi connectivity index (χ2v) is 5.09. The Morgan fingerprint density at radius 1 is 0.867 bits per heavy atom. The second-order valence-electron chi connectivity index (χ2n) is 5.09. The van der Waals surface area contributed by atoms with Crippen LogP contribution in [0.25, 0.3) is 0 Å². The average molecular weight is 208 g/mol. The van der Waals surface area contributed by atoms with E-state index in [1.165, 1.54) is 51.4 Å². The number of rotatable bonds is 0. The highest BCUT2D eigenvalue weighted by Gasteiger charge is 2.25. The molecule has 86 valence electrons. The molecule has 1 aliphatic heterocycles. The van der Waals surface area contributed by atoms with Gasteiger partial charge in [-0.3, -0.25) is 0 Å². The molecule has 1 nitrogen and oxygen atoms in total. The largest absolute Gasteiger partial charge is 0.381 e. The van der Waals surface area contributed by atoms with Gasteiger partial charge < -0.3 is 4.74 Å². The molecular weight excluding hydrogens is 184 g/mol. The van der Waals surface area contributed by atoms with Gasteiger partial charge in [0.25, 0.3) is 0 Å². The molecule has 0 N–H and O–H groups in total. The summed E-state index contributed by atoms with van der Waals surface area (Å²) in [7, 11) is 0. The summed E-state index contributed by atoms with van der Waals surface area (Å²) >= 11 is 0. The van der Waals surface area contributed by atoms with Crippen molar-refractivity contribution in [1.29, 1.82) is 0 Å². The van der Waals surface area contributed by atoms with Crippen LogP contribution in [0.2, 0.25) is 0 Å². The average Bonchev–Trinajstić information content (AvgIpc) is 2.65. The molecule has 0 bridgehead atoms. The maximum Gasteiger partial charge on any atom is 0.0532 e. The Morgan fingerprint density at radius 2 is 1.67 bits per heavy atom. The van der Waals surface area contributed by atoms with Crippen molar-refractivity contribution in [2.45, 2.75) is 51.4 Å². The lowest BCUT2D eigenvalue weighted by atomic mass is 9.89. The molecule has 1 saturated heterocycles. The predicted molar refractivity (Wildman–Crippen MR) is 63.9 cm³/mol. The Morgan fingerprint density at radius 3 is 2.60 bits per heavy atom. The zero-order valence-electron chi connectivity index (χ0n) is 9.79. The summed E-state index contributed by atoms with van der Waals surface area (Å²) in [5.74, 6) is 1.55. The van der Waals surface area contributed by atoms with Crippen LogP contribution in [0.4, 0.5) is 0 Å². The third-order valence-corrected chi connectivity index (χ3v) is 3.83. The lowest BCUT2D eigenvalue weighted by molar-refractivity contribution is 0.181. The smallest absolute Gasteiger partial charge is 0.0532 e. The number of allylic oxidation sites excluding steroid dienone is 1. The van der Waals surface area contributed by atoms with Crippen molar-refractivity contribution >= 4 is 0 Å². The molecule has 0 aromatic carbocycles. The maximum atomic E-state index is 5.60. The molecule has 1 aliphatic carbocycles. The van der Waals surface area contributed by atoms with Crippen LogP contribution in [0.5, 0.6) is 0 Å². The number of hydrogen-bond donors (Lipinski definition) is 0. The lowest BCUT2D eigenvalue weighted by Crippen LogP contribution is -2.10. The molecule has 0 radical (unpaired) electrons. The van der Waals surface area contributed by atoms with Crippen molar-refractivity contribution in [1.82, 2.24) is 0 Å². The molecule has 2 atom stereocenters. The molecule has 0 aromatic heterocycles. The second kappa shape index (κ2) is 6.32. The van der Waals surface area contributed by atoms with Gasteiger partial charge in [-0.25, -0.2) is 0 Å². The van der Waals surface area contributed by atoms with Gasteiger partial charge in [-0.2, -0.15) is 0 Å². The molecule has 2 aliphatic rings. The van der Waals surface area contributed by atoms with E-state index in [1.807, 2.05) is 0 Å². The maximum absolute atomic E-state index is 5.60. The van der Waals surface area contributed by atoms with Gasteiger partial charge in [-0.15, -0.1) is 0 Å². The quantitative estimate of drug-likeness (QED) is 0.548. The van der Waals surface area contributed by atoms with E-state index in [4.69, 9.17) is 4.74 Å². The fourth-order valence-electron chi connectivity index (χ4n) is 2.77. The van der Waals surface area contributed by atoms with Crippen molar-refractivity contribution in [3.63, 3.8) is 0 Å². The predicted octanol–water partition coefficient (Wildman–Crippen LogP) is 3.94. The van der Waals surface area contributed by atoms with Gasteiger partial charge >= 0.3 is 0 Å². The van der Waals surface area contributed by atoms with Gasteiger partial charge in [0, 0.05) is 5.92 Å². The first kappa shape index (κ1) is 11.2. The van der Waals surface area contributed by atoms with E-state index in [0.29, 0.717) is 0 Å². The third-order valence-electron chi connectivity index (χ3n) is 3.83. The first-order chi connectivity index (χ1) is 7.47. The Bertz CT molecular complexity index is 198. The van der Waals surface area contributed by atoms with Crippen LogP contribution in [0.15, 0.2) is 12.2 Å². The standard InChI is InChI=1S/C14H24O/c1-2-4-6-8-10-14-12-15-11-13(14)9-7-5-3-1/h7,9,13-14H,1-6,8,10-12H2/b9-7+/t13-,14-/m1/s1. The van der Waals surface area contributed by atoms with Gasteiger partial charge in [0.15, 0.2) is 0 Å². The highest BCUT2D eigenvalue weighted by molar-refractivity contribution is 4.94. The minimum absolute atomic E-state index is 0.726. The highest BCUT2D eigenvalue weighted by Crippen LogP contribution is 2.28. The topological polar surface area (TPSA) is 9.23 Å². The van der Waals surface area contributed by atoms with Crippen molar-refractivity contribution in [3.8, 4) is 0 Å². The summed E-state index contributed by atoms with van der Waals surface area (Å²) < 4.78 is 5.60. The van der Waals surface area contributed by atoms with E-state index in [1.54, 1.807) is 0 Å².